The van der Waals surface area contributed by atoms with E-state index in [9.17, 15) is 0 Å². The van der Waals surface area contributed by atoms with Crippen molar-refractivity contribution < 1.29 is 0 Å². The van der Waals surface area contributed by atoms with Gasteiger partial charge < -0.3 is 10.6 Å². The van der Waals surface area contributed by atoms with Gasteiger partial charge in [0.2, 0.25) is 0 Å². The zero-order valence-corrected chi connectivity index (χ0v) is 16.6. The van der Waals surface area contributed by atoms with E-state index in [1.54, 1.807) is 7.05 Å². The van der Waals surface area contributed by atoms with Crippen LogP contribution in [0, 0.1) is 0 Å². The van der Waals surface area contributed by atoms with Crippen LogP contribution in [-0.4, -0.2) is 52.9 Å². The predicted molar refractivity (Wildman–Crippen MR) is 109 cm³/mol. The number of rotatable bonds is 8. The second-order valence-electron chi connectivity index (χ2n) is 6.87. The van der Waals surface area contributed by atoms with Crippen LogP contribution in [0.3, 0.4) is 0 Å². The van der Waals surface area contributed by atoms with E-state index < -0.39 is 0 Å². The molecule has 1 heterocycles. The Labute approximate surface area is 157 Å². The Hall–Kier alpha value is -2.34. The minimum atomic E-state index is 0.536. The van der Waals surface area contributed by atoms with Gasteiger partial charge in [0.25, 0.3) is 0 Å². The highest BCUT2D eigenvalue weighted by Crippen LogP contribution is 2.06. The monoisotopic (exact) mass is 356 g/mol. The summed E-state index contributed by atoms with van der Waals surface area (Å²) in [6.07, 6.45) is 1.98. The lowest BCUT2D eigenvalue weighted by Gasteiger charge is -2.30. The molecule has 0 radical (unpaired) electrons. The molecule has 1 aromatic carbocycles. The van der Waals surface area contributed by atoms with E-state index in [0.717, 1.165) is 30.4 Å². The first-order valence-electron chi connectivity index (χ1n) is 9.31. The van der Waals surface area contributed by atoms with Gasteiger partial charge in [-0.3, -0.25) is 9.89 Å². The molecule has 0 bridgehead atoms. The summed E-state index contributed by atoms with van der Waals surface area (Å²) in [5.74, 6) is 0.798. The lowest BCUT2D eigenvalue weighted by molar-refractivity contribution is 0.178. The fourth-order valence-corrected chi connectivity index (χ4v) is 2.99. The summed E-state index contributed by atoms with van der Waals surface area (Å²) in [7, 11) is 1.79. The van der Waals surface area contributed by atoms with Crippen LogP contribution in [0.15, 0.2) is 47.6 Å². The van der Waals surface area contributed by atoms with Crippen LogP contribution < -0.4 is 10.6 Å². The number of hydrogen-bond acceptors (Lipinski definition) is 3. The first-order valence-corrected chi connectivity index (χ1v) is 9.31. The van der Waals surface area contributed by atoms with Gasteiger partial charge in [-0.1, -0.05) is 18.2 Å². The topological polar surface area (TPSA) is 57.5 Å². The fourth-order valence-electron chi connectivity index (χ4n) is 2.99. The average Bonchev–Trinajstić information content (AvgIpc) is 3.10. The van der Waals surface area contributed by atoms with Crippen LogP contribution in [-0.2, 0) is 6.54 Å². The molecule has 6 nitrogen and oxygen atoms in total. The maximum absolute atomic E-state index is 4.60. The van der Waals surface area contributed by atoms with Crippen molar-refractivity contribution in [2.24, 2.45) is 4.99 Å². The van der Waals surface area contributed by atoms with Gasteiger partial charge >= 0.3 is 0 Å². The van der Waals surface area contributed by atoms with Crippen LogP contribution in [0.4, 0.5) is 0 Å². The van der Waals surface area contributed by atoms with Crippen molar-refractivity contribution in [2.75, 3.05) is 20.1 Å². The van der Waals surface area contributed by atoms with Gasteiger partial charge in [0.15, 0.2) is 5.96 Å². The maximum atomic E-state index is 4.60. The number of benzene rings is 1. The Bertz CT molecular complexity index is 667. The van der Waals surface area contributed by atoms with E-state index in [-0.39, 0.29) is 0 Å². The third-order valence-electron chi connectivity index (χ3n) is 4.31. The van der Waals surface area contributed by atoms with Crippen LogP contribution >= 0.6 is 0 Å². The lowest BCUT2D eigenvalue weighted by Crippen LogP contribution is -2.45. The number of hydrogen-bond donors (Lipinski definition) is 2. The number of aliphatic imine (C=N–C) groups is 1. The predicted octanol–water partition coefficient (Wildman–Crippen LogP) is 2.66. The van der Waals surface area contributed by atoms with Gasteiger partial charge in [0.1, 0.15) is 0 Å². The van der Waals surface area contributed by atoms with Crippen molar-refractivity contribution in [1.29, 1.82) is 0 Å². The van der Waals surface area contributed by atoms with Crippen molar-refractivity contribution in [2.45, 2.75) is 46.3 Å². The van der Waals surface area contributed by atoms with Gasteiger partial charge in [-0.05, 0) is 45.9 Å². The molecule has 0 saturated heterocycles. The van der Waals surface area contributed by atoms with Gasteiger partial charge in [0, 0.05) is 38.4 Å². The molecule has 0 atom stereocenters. The van der Waals surface area contributed by atoms with E-state index in [0.29, 0.717) is 18.6 Å². The highest BCUT2D eigenvalue weighted by atomic mass is 15.3. The van der Waals surface area contributed by atoms with Gasteiger partial charge in [-0.15, -0.1) is 0 Å². The Morgan fingerprint density at radius 3 is 2.38 bits per heavy atom. The van der Waals surface area contributed by atoms with Gasteiger partial charge in [-0.2, -0.15) is 5.10 Å². The summed E-state index contributed by atoms with van der Waals surface area (Å²) in [6.45, 7) is 11.4. The van der Waals surface area contributed by atoms with E-state index in [4.69, 9.17) is 0 Å². The first kappa shape index (κ1) is 20.0. The molecule has 0 aliphatic heterocycles. The third kappa shape index (κ3) is 5.88. The molecule has 2 N–H and O–H groups in total. The second kappa shape index (κ2) is 9.97. The summed E-state index contributed by atoms with van der Waals surface area (Å²) in [5, 5.41) is 11.3. The van der Waals surface area contributed by atoms with Crippen molar-refractivity contribution >= 4 is 5.96 Å². The minimum Gasteiger partial charge on any atom is -0.355 e. The lowest BCUT2D eigenvalue weighted by atomic mass is 10.2. The Morgan fingerprint density at radius 2 is 1.77 bits per heavy atom. The summed E-state index contributed by atoms with van der Waals surface area (Å²) in [4.78, 5) is 6.76. The van der Waals surface area contributed by atoms with E-state index in [2.05, 4.69) is 53.3 Å². The normalized spacial score (nSPS) is 12.2. The Balaban J connectivity index is 1.81. The highest BCUT2D eigenvalue weighted by molar-refractivity contribution is 5.79. The molecule has 0 fully saturated rings. The summed E-state index contributed by atoms with van der Waals surface area (Å²) in [6, 6.07) is 13.2. The molecule has 0 unspecified atom stereocenters. The van der Waals surface area contributed by atoms with E-state index in [1.165, 1.54) is 0 Å². The zero-order valence-electron chi connectivity index (χ0n) is 16.6. The highest BCUT2D eigenvalue weighted by Gasteiger charge is 2.12. The summed E-state index contributed by atoms with van der Waals surface area (Å²) in [5.41, 5.74) is 2.03. The molecular formula is C20H32N6. The zero-order chi connectivity index (χ0) is 18.9. The molecule has 1 aromatic heterocycles. The third-order valence-corrected chi connectivity index (χ3v) is 4.31. The molecule has 0 spiro atoms. The van der Waals surface area contributed by atoms with Crippen molar-refractivity contribution in [3.05, 3.63) is 48.3 Å². The maximum Gasteiger partial charge on any atom is 0.191 e. The molecule has 2 aromatic rings. The molecule has 6 heteroatoms. The molecule has 2 rings (SSSR count). The van der Waals surface area contributed by atoms with Crippen molar-refractivity contribution in [1.82, 2.24) is 25.3 Å². The average molecular weight is 357 g/mol. The second-order valence-corrected chi connectivity index (χ2v) is 6.87. The van der Waals surface area contributed by atoms with Crippen LogP contribution in [0.1, 0.15) is 33.4 Å². The number of nitrogens with one attached hydrogen (secondary N) is 2. The molecule has 0 aliphatic carbocycles. The molecular weight excluding hydrogens is 324 g/mol. The fraction of sp³-hybridized carbons (Fsp3) is 0.500. The van der Waals surface area contributed by atoms with Crippen LogP contribution in [0.5, 0.6) is 0 Å². The summed E-state index contributed by atoms with van der Waals surface area (Å²) >= 11 is 0. The van der Waals surface area contributed by atoms with E-state index in [1.807, 2.05) is 47.3 Å². The molecule has 0 amide bonds. The van der Waals surface area contributed by atoms with Gasteiger partial charge in [0.05, 0.1) is 17.9 Å². The van der Waals surface area contributed by atoms with Crippen LogP contribution in [0.25, 0.3) is 5.69 Å². The number of nitrogens with zero attached hydrogens (tertiary/aromatic N) is 4. The number of guanidine groups is 1. The van der Waals surface area contributed by atoms with E-state index >= 15 is 0 Å². The van der Waals surface area contributed by atoms with Crippen molar-refractivity contribution in [3.63, 3.8) is 0 Å². The van der Waals surface area contributed by atoms with Crippen molar-refractivity contribution in [3.8, 4) is 5.69 Å². The summed E-state index contributed by atoms with van der Waals surface area (Å²) < 4.78 is 1.89. The smallest absolute Gasteiger partial charge is 0.191 e. The largest absolute Gasteiger partial charge is 0.355 e. The Morgan fingerprint density at radius 1 is 1.08 bits per heavy atom. The van der Waals surface area contributed by atoms with Crippen LogP contribution in [0.2, 0.25) is 0 Å². The molecule has 26 heavy (non-hydrogen) atoms. The first-order chi connectivity index (χ1) is 12.5. The Kier molecular flexibility index (Phi) is 7.66. The molecule has 142 valence electrons. The standard InChI is InChI=1S/C20H32N6/c1-16(2)25(17(3)4)14-12-22-20(21-5)23-15-18-11-13-26(24-18)19-9-7-6-8-10-19/h6-11,13,16-17H,12,14-15H2,1-5H3,(H2,21,22,23). The van der Waals surface area contributed by atoms with Gasteiger partial charge in [-0.25, -0.2) is 4.68 Å². The molecule has 0 aliphatic rings. The molecule has 0 saturated carbocycles. The number of aromatic nitrogens is 2. The minimum absolute atomic E-state index is 0.536. The quantitative estimate of drug-likeness (QED) is 0.564. The number of para-hydroxylation sites is 1. The SMILES string of the molecule is CN=C(NCCN(C(C)C)C(C)C)NCc1ccn(-c2ccccc2)n1.